The Labute approximate surface area is 240 Å². The molecule has 3 aliphatic rings. The van der Waals surface area contributed by atoms with Crippen molar-refractivity contribution in [1.82, 2.24) is 15.1 Å². The number of allylic oxidation sites excluding steroid dienone is 1. The minimum atomic E-state index is -1.16. The van der Waals surface area contributed by atoms with Crippen LogP contribution in [0.15, 0.2) is 36.4 Å². The normalized spacial score (nSPS) is 23.4. The molecule has 2 amide bonds. The molecule has 0 aromatic heterocycles. The Morgan fingerprint density at radius 2 is 2.05 bits per heavy atom. The van der Waals surface area contributed by atoms with Gasteiger partial charge in [-0.2, -0.15) is 0 Å². The van der Waals surface area contributed by atoms with Crippen LogP contribution in [0.1, 0.15) is 47.5 Å². The van der Waals surface area contributed by atoms with E-state index in [-0.39, 0.29) is 19.1 Å². The molecule has 3 N–H and O–H groups in total. The third-order valence-corrected chi connectivity index (χ3v) is 7.90. The number of unbranched alkanes of at least 4 members (excludes halogenated alkanes) is 2. The van der Waals surface area contributed by atoms with Crippen LogP contribution in [0, 0.1) is 0 Å². The van der Waals surface area contributed by atoms with Gasteiger partial charge < -0.3 is 34.6 Å². The van der Waals surface area contributed by atoms with Gasteiger partial charge in [-0.15, -0.1) is 6.58 Å². The van der Waals surface area contributed by atoms with Crippen LogP contribution in [0.3, 0.4) is 0 Å². The summed E-state index contributed by atoms with van der Waals surface area (Å²) in [5, 5.41) is 23.8. The Hall–Kier alpha value is -3.25. The fourth-order valence-electron chi connectivity index (χ4n) is 5.78. The molecule has 0 spiro atoms. The van der Waals surface area contributed by atoms with Crippen LogP contribution in [0.2, 0.25) is 0 Å². The van der Waals surface area contributed by atoms with Crippen molar-refractivity contribution in [2.45, 2.75) is 49.9 Å². The molecule has 1 aliphatic carbocycles. The molecule has 1 fully saturated rings. The second-order valence-corrected chi connectivity index (χ2v) is 10.5. The van der Waals surface area contributed by atoms with Gasteiger partial charge in [0.15, 0.2) is 11.5 Å². The lowest BCUT2D eigenvalue weighted by Gasteiger charge is -2.41. The number of carbonyl (C=O) groups is 3. The SMILES string of the molecule is C=CCCCCC(=O)N(CCN1CCOCC1)C1C=C(C(=O)NCCO)C2c3cc(C=O)cc(OC)c3OC2C1O. The number of carbonyl (C=O) groups excluding carboxylic acids is 3. The number of nitrogens with one attached hydrogen (secondary N) is 1. The molecule has 1 aromatic carbocycles. The molecule has 2 heterocycles. The van der Waals surface area contributed by atoms with E-state index in [2.05, 4.69) is 16.8 Å². The molecule has 4 rings (SSSR count). The minimum absolute atomic E-state index is 0.0369. The van der Waals surface area contributed by atoms with Crippen molar-refractivity contribution in [1.29, 1.82) is 0 Å². The number of aliphatic hydroxyl groups is 2. The highest BCUT2D eigenvalue weighted by Gasteiger charge is 2.51. The zero-order chi connectivity index (χ0) is 29.4. The quantitative estimate of drug-likeness (QED) is 0.170. The van der Waals surface area contributed by atoms with Crippen LogP contribution >= 0.6 is 0 Å². The summed E-state index contributed by atoms with van der Waals surface area (Å²) in [6.45, 7) is 7.23. The van der Waals surface area contributed by atoms with Crippen molar-refractivity contribution in [3.8, 4) is 11.5 Å². The highest BCUT2D eigenvalue weighted by atomic mass is 16.5. The van der Waals surface area contributed by atoms with Crippen LogP contribution in [0.4, 0.5) is 0 Å². The maximum absolute atomic E-state index is 13.7. The topological polar surface area (TPSA) is 138 Å². The highest BCUT2D eigenvalue weighted by molar-refractivity contribution is 5.96. The molecule has 0 bridgehead atoms. The average molecular weight is 572 g/mol. The van der Waals surface area contributed by atoms with Gasteiger partial charge in [0, 0.05) is 55.8 Å². The second kappa shape index (κ2) is 14.6. The van der Waals surface area contributed by atoms with Gasteiger partial charge in [-0.3, -0.25) is 19.3 Å². The molecule has 11 heteroatoms. The third kappa shape index (κ3) is 6.98. The van der Waals surface area contributed by atoms with Crippen LogP contribution < -0.4 is 14.8 Å². The molecule has 1 aromatic rings. The molecule has 0 radical (unpaired) electrons. The lowest BCUT2D eigenvalue weighted by atomic mass is 9.77. The summed E-state index contributed by atoms with van der Waals surface area (Å²) in [4.78, 5) is 42.6. The molecule has 4 unspecified atom stereocenters. The lowest BCUT2D eigenvalue weighted by molar-refractivity contribution is -0.137. The molecule has 4 atom stereocenters. The minimum Gasteiger partial charge on any atom is -0.493 e. The Bertz CT molecular complexity index is 1130. The predicted octanol–water partition coefficient (Wildman–Crippen LogP) is 1.04. The van der Waals surface area contributed by atoms with E-state index in [4.69, 9.17) is 14.2 Å². The third-order valence-electron chi connectivity index (χ3n) is 7.90. The standard InChI is InChI=1S/C30H41N3O8/c1-3-4-5-6-7-25(36)33(10-9-32-11-14-40-15-12-32)23-18-22(30(38)31-8-13-34)26-21-16-20(19-35)17-24(39-2)28(21)41-29(26)27(23)37/h3,16-19,23,26-27,29,34,37H,1,4-15H2,2H3,(H,31,38). The number of aldehydes is 1. The van der Waals surface area contributed by atoms with Crippen molar-refractivity contribution >= 4 is 18.1 Å². The first-order valence-electron chi connectivity index (χ1n) is 14.3. The summed E-state index contributed by atoms with van der Waals surface area (Å²) < 4.78 is 17.2. The number of nitrogens with zero attached hydrogens (tertiary/aromatic N) is 2. The van der Waals surface area contributed by atoms with Crippen LogP contribution in [-0.4, -0.2) is 116 Å². The number of morpholine rings is 1. The first-order chi connectivity index (χ1) is 19.9. The Kier molecular flexibility index (Phi) is 10.9. The summed E-state index contributed by atoms with van der Waals surface area (Å²) in [5.74, 6) is -0.589. The highest BCUT2D eigenvalue weighted by Crippen LogP contribution is 2.51. The molecular weight excluding hydrogens is 530 g/mol. The van der Waals surface area contributed by atoms with Crippen molar-refractivity contribution < 1.29 is 38.8 Å². The number of fused-ring (bicyclic) bond motifs is 3. The maximum atomic E-state index is 13.7. The smallest absolute Gasteiger partial charge is 0.247 e. The van der Waals surface area contributed by atoms with Crippen molar-refractivity contribution in [2.75, 3.05) is 59.7 Å². The largest absolute Gasteiger partial charge is 0.493 e. The first kappa shape index (κ1) is 30.7. The summed E-state index contributed by atoms with van der Waals surface area (Å²) in [6, 6.07) is 2.35. The van der Waals surface area contributed by atoms with Gasteiger partial charge in [-0.1, -0.05) is 6.08 Å². The summed E-state index contributed by atoms with van der Waals surface area (Å²) >= 11 is 0. The van der Waals surface area contributed by atoms with Gasteiger partial charge in [-0.25, -0.2) is 0 Å². The number of hydrogen-bond acceptors (Lipinski definition) is 9. The Morgan fingerprint density at radius 1 is 1.27 bits per heavy atom. The molecule has 224 valence electrons. The fraction of sp³-hybridized carbons (Fsp3) is 0.567. The van der Waals surface area contributed by atoms with E-state index >= 15 is 0 Å². The number of amides is 2. The van der Waals surface area contributed by atoms with Crippen LogP contribution in [0.25, 0.3) is 0 Å². The van der Waals surface area contributed by atoms with Gasteiger partial charge in [0.25, 0.3) is 0 Å². The number of benzene rings is 1. The van der Waals surface area contributed by atoms with Gasteiger partial charge >= 0.3 is 0 Å². The number of rotatable bonds is 14. The van der Waals surface area contributed by atoms with E-state index < -0.39 is 30.1 Å². The zero-order valence-electron chi connectivity index (χ0n) is 23.6. The number of methoxy groups -OCH3 is 1. The average Bonchev–Trinajstić information content (AvgIpc) is 3.39. The summed E-state index contributed by atoms with van der Waals surface area (Å²) in [5.41, 5.74) is 1.20. The second-order valence-electron chi connectivity index (χ2n) is 10.5. The first-order valence-corrected chi connectivity index (χ1v) is 14.3. The summed E-state index contributed by atoms with van der Waals surface area (Å²) in [7, 11) is 1.46. The van der Waals surface area contributed by atoms with Crippen molar-refractivity contribution in [2.24, 2.45) is 0 Å². The van der Waals surface area contributed by atoms with E-state index in [1.165, 1.54) is 7.11 Å². The molecular formula is C30H41N3O8. The Morgan fingerprint density at radius 3 is 2.73 bits per heavy atom. The van der Waals surface area contributed by atoms with E-state index in [9.17, 15) is 24.6 Å². The van der Waals surface area contributed by atoms with Gasteiger partial charge in [-0.05, 0) is 37.5 Å². The zero-order valence-corrected chi connectivity index (χ0v) is 23.6. The van der Waals surface area contributed by atoms with Crippen LogP contribution in [-0.2, 0) is 14.3 Å². The molecule has 41 heavy (non-hydrogen) atoms. The lowest BCUT2D eigenvalue weighted by Crippen LogP contribution is -2.57. The van der Waals surface area contributed by atoms with Crippen molar-refractivity contribution in [3.63, 3.8) is 0 Å². The van der Waals surface area contributed by atoms with Crippen LogP contribution in [0.5, 0.6) is 11.5 Å². The van der Waals surface area contributed by atoms with Gasteiger partial charge in [0.05, 0.1) is 38.9 Å². The number of hydrogen-bond donors (Lipinski definition) is 3. The molecule has 2 aliphatic heterocycles. The maximum Gasteiger partial charge on any atom is 0.247 e. The van der Waals surface area contributed by atoms with Gasteiger partial charge in [0.2, 0.25) is 11.8 Å². The Balaban J connectivity index is 1.70. The number of aliphatic hydroxyl groups excluding tert-OH is 2. The fourth-order valence-corrected chi connectivity index (χ4v) is 5.78. The van der Waals surface area contributed by atoms with Gasteiger partial charge in [0.1, 0.15) is 18.5 Å². The van der Waals surface area contributed by atoms with E-state index in [1.807, 2.05) is 6.08 Å². The van der Waals surface area contributed by atoms with E-state index in [0.29, 0.717) is 73.6 Å². The molecule has 1 saturated heterocycles. The monoisotopic (exact) mass is 571 g/mol. The van der Waals surface area contributed by atoms with Crippen molar-refractivity contribution in [3.05, 3.63) is 47.6 Å². The number of ether oxygens (including phenoxy) is 3. The van der Waals surface area contributed by atoms with E-state index in [1.54, 1.807) is 23.1 Å². The molecule has 11 nitrogen and oxygen atoms in total. The van der Waals surface area contributed by atoms with E-state index in [0.717, 1.165) is 25.9 Å². The molecule has 0 saturated carbocycles. The summed E-state index contributed by atoms with van der Waals surface area (Å²) in [6.07, 6.45) is 4.71. The predicted molar refractivity (Wildman–Crippen MR) is 151 cm³/mol.